The van der Waals surface area contributed by atoms with Crippen LogP contribution in [0.2, 0.25) is 0 Å². The molecule has 16 N–H and O–H groups in total. The first-order valence-corrected chi connectivity index (χ1v) is 26.8. The maximum absolute atomic E-state index is 14.6. The van der Waals surface area contributed by atoms with E-state index in [9.17, 15) is 68.1 Å². The molecule has 8 atom stereocenters. The zero-order valence-electron chi connectivity index (χ0n) is 45.4. The fraction of sp³-hybridized carbons (Fsp3) is 0.577. The summed E-state index contributed by atoms with van der Waals surface area (Å²) in [6, 6.07) is -3.56. The molecule has 28 heteroatoms. The van der Waals surface area contributed by atoms with Crippen molar-refractivity contribution in [2.75, 3.05) is 39.3 Å². The lowest BCUT2D eigenvalue weighted by Gasteiger charge is -2.34. The number of aliphatic carboxylic acids is 1. The number of phenolic OH excluding ortho intramolecular Hbond substituents is 2. The monoisotopic (exact) mass is 1120 g/mol. The Morgan fingerprint density at radius 3 is 1.76 bits per heavy atom. The van der Waals surface area contributed by atoms with Crippen LogP contribution in [0.3, 0.4) is 0 Å². The van der Waals surface area contributed by atoms with Gasteiger partial charge in [-0.15, -0.1) is 0 Å². The van der Waals surface area contributed by atoms with Gasteiger partial charge in [0.1, 0.15) is 53.9 Å². The van der Waals surface area contributed by atoms with Crippen LogP contribution in [0.25, 0.3) is 0 Å². The van der Waals surface area contributed by atoms with E-state index in [0.717, 1.165) is 6.07 Å². The largest absolute Gasteiger partial charge is 0.504 e. The van der Waals surface area contributed by atoms with Crippen LogP contribution in [0.4, 0.5) is 0 Å². The first-order valence-electron chi connectivity index (χ1n) is 26.8. The Labute approximate surface area is 461 Å². The summed E-state index contributed by atoms with van der Waals surface area (Å²) in [5, 5.41) is 45.1. The molecule has 1 aromatic carbocycles. The van der Waals surface area contributed by atoms with Gasteiger partial charge in [-0.3, -0.25) is 52.9 Å². The average Bonchev–Trinajstić information content (AvgIpc) is 4.25. The van der Waals surface area contributed by atoms with Crippen molar-refractivity contribution in [3.63, 3.8) is 0 Å². The standard InChI is InChI=1S/C52H76N14O14/c1-27(2)23-32(60-45(73)34(25-53)62-44(72)31(13-7-19-57-52(54)55)59-43(71)30-12-6-18-56-42(30)70)49(77)66-22-10-16-38(66)50(78)65-21-9-15-37(65)46(74)61-33(24-28(3)4)48(76)64-20-8-14-36(64)47(75)63-35(51(79)80)26-58-41(69)29-11-5-17-39(67)40(29)68/h5-6,11-12,17-18,27-28,31-38,67-68H,7-10,13-16,19-26,53H2,1-4H3,(H,56,70)(H,58,69)(H,59,71)(H,60,73)(H,61,74)(H,62,72)(H,63,75)(H,79,80)(H4,54,55,57)/t31-,32-,33-,34-,35-,36-,37-,38-/m0/s1. The van der Waals surface area contributed by atoms with Gasteiger partial charge in [-0.25, -0.2) is 4.79 Å². The number of aromatic hydroxyl groups is 2. The van der Waals surface area contributed by atoms with E-state index < -0.39 is 138 Å². The normalized spacial score (nSPS) is 18.8. The third-order valence-corrected chi connectivity index (χ3v) is 14.0. The fourth-order valence-corrected chi connectivity index (χ4v) is 10.00. The quantitative estimate of drug-likeness (QED) is 0.0199. The third kappa shape index (κ3) is 16.6. The number of phenols is 2. The van der Waals surface area contributed by atoms with E-state index in [4.69, 9.17) is 17.2 Å². The number of hydrogen-bond acceptors (Lipinski definition) is 15. The smallest absolute Gasteiger partial charge is 0.328 e. The Bertz CT molecular complexity index is 2700. The molecule has 3 aliphatic heterocycles. The van der Waals surface area contributed by atoms with Gasteiger partial charge in [0.15, 0.2) is 17.5 Å². The number of nitrogens with one attached hydrogen (secondary N) is 7. The number of aliphatic imine (C=N–C) groups is 1. The molecule has 0 spiro atoms. The van der Waals surface area contributed by atoms with E-state index in [1.807, 2.05) is 27.7 Å². The number of carbonyl (C=O) groups is 10. The topological polar surface area (TPSA) is 437 Å². The van der Waals surface area contributed by atoms with Gasteiger partial charge in [0.05, 0.1) is 5.56 Å². The number of benzene rings is 1. The molecule has 2 aromatic rings. The summed E-state index contributed by atoms with van der Waals surface area (Å²) in [6.07, 6.45) is 3.63. The first kappa shape index (κ1) is 62.5. The number of aromatic amines is 1. The number of carboxylic acid groups (broad SMARTS) is 1. The first-order chi connectivity index (χ1) is 37.9. The molecule has 438 valence electrons. The molecule has 3 aliphatic rings. The maximum Gasteiger partial charge on any atom is 0.328 e. The van der Waals surface area contributed by atoms with Gasteiger partial charge in [0.2, 0.25) is 41.4 Å². The van der Waals surface area contributed by atoms with E-state index in [-0.39, 0.29) is 100 Å². The molecular weight excluding hydrogens is 1040 g/mol. The molecule has 0 bridgehead atoms. The van der Waals surface area contributed by atoms with Crippen LogP contribution in [-0.4, -0.2) is 188 Å². The zero-order chi connectivity index (χ0) is 59.0. The minimum Gasteiger partial charge on any atom is -0.504 e. The molecule has 0 unspecified atom stereocenters. The summed E-state index contributed by atoms with van der Waals surface area (Å²) < 4.78 is 0. The Morgan fingerprint density at radius 1 is 0.662 bits per heavy atom. The second kappa shape index (κ2) is 29.1. The fourth-order valence-electron chi connectivity index (χ4n) is 10.00. The van der Waals surface area contributed by atoms with Crippen LogP contribution in [0.5, 0.6) is 11.5 Å². The molecule has 9 amide bonds. The van der Waals surface area contributed by atoms with Crippen LogP contribution < -0.4 is 54.7 Å². The number of carboxylic acids is 1. The lowest BCUT2D eigenvalue weighted by atomic mass is 10.0. The highest BCUT2D eigenvalue weighted by Gasteiger charge is 2.46. The number of pyridine rings is 1. The summed E-state index contributed by atoms with van der Waals surface area (Å²) in [5.41, 5.74) is 15.6. The van der Waals surface area contributed by atoms with Crippen LogP contribution in [0.1, 0.15) is 113 Å². The molecule has 5 rings (SSSR count). The minimum absolute atomic E-state index is 0.0182. The molecule has 80 heavy (non-hydrogen) atoms. The van der Waals surface area contributed by atoms with E-state index >= 15 is 0 Å². The molecule has 3 fully saturated rings. The van der Waals surface area contributed by atoms with Gasteiger partial charge in [0.25, 0.3) is 17.4 Å². The predicted molar refractivity (Wildman–Crippen MR) is 288 cm³/mol. The number of hydrogen-bond donors (Lipinski definition) is 13. The SMILES string of the molecule is CC(C)C[C@H](NC(=O)[C@@H]1CCCN1C(=O)[C@@H]1CCCN1C(=O)[C@H](CC(C)C)NC(=O)[C@H](CN)NC(=O)[C@H](CCCN=C(N)N)NC(=O)c1ccc[nH]c1=O)C(=O)N1CCC[C@H]1C(=O)N[C@@H](CNC(=O)c1cccc(O)c1O)C(=O)O. The molecule has 3 saturated heterocycles. The summed E-state index contributed by atoms with van der Waals surface area (Å²) in [5.74, 6) is -9.87. The number of para-hydroxylation sites is 1. The molecule has 4 heterocycles. The van der Waals surface area contributed by atoms with Crippen molar-refractivity contribution in [1.29, 1.82) is 0 Å². The highest BCUT2D eigenvalue weighted by atomic mass is 16.4. The number of carbonyl (C=O) groups excluding carboxylic acids is 9. The summed E-state index contributed by atoms with van der Waals surface area (Å²) in [7, 11) is 0. The summed E-state index contributed by atoms with van der Waals surface area (Å²) >= 11 is 0. The van der Waals surface area contributed by atoms with Crippen LogP contribution in [0.15, 0.2) is 46.3 Å². The second-order valence-electron chi connectivity index (χ2n) is 20.9. The van der Waals surface area contributed by atoms with E-state index in [1.54, 1.807) is 0 Å². The van der Waals surface area contributed by atoms with E-state index in [1.165, 1.54) is 45.2 Å². The summed E-state index contributed by atoms with van der Waals surface area (Å²) in [6.45, 7) is 6.77. The number of nitrogens with two attached hydrogens (primary N) is 3. The van der Waals surface area contributed by atoms with Crippen molar-refractivity contribution in [2.24, 2.45) is 34.0 Å². The van der Waals surface area contributed by atoms with Gasteiger partial charge in [-0.2, -0.15) is 0 Å². The van der Waals surface area contributed by atoms with Gasteiger partial charge in [0, 0.05) is 45.5 Å². The highest BCUT2D eigenvalue weighted by Crippen LogP contribution is 2.29. The number of guanidine groups is 1. The molecule has 28 nitrogen and oxygen atoms in total. The molecule has 0 saturated carbocycles. The number of rotatable bonds is 26. The zero-order valence-corrected chi connectivity index (χ0v) is 45.4. The van der Waals surface area contributed by atoms with Gasteiger partial charge >= 0.3 is 5.97 Å². The maximum atomic E-state index is 14.6. The molecule has 0 radical (unpaired) electrons. The second-order valence-corrected chi connectivity index (χ2v) is 20.9. The van der Waals surface area contributed by atoms with Gasteiger partial charge in [-0.1, -0.05) is 33.8 Å². The Balaban J connectivity index is 1.24. The van der Waals surface area contributed by atoms with Crippen molar-refractivity contribution in [2.45, 2.75) is 140 Å². The highest BCUT2D eigenvalue weighted by molar-refractivity contribution is 6.01. The molecule has 1 aromatic heterocycles. The summed E-state index contributed by atoms with van der Waals surface area (Å²) in [4.78, 5) is 160. The number of nitrogens with zero attached hydrogens (tertiary/aromatic N) is 4. The molecule has 0 aliphatic carbocycles. The lowest BCUT2D eigenvalue weighted by molar-refractivity contribution is -0.149. The number of likely N-dealkylation sites (tertiary alicyclic amines) is 3. The van der Waals surface area contributed by atoms with E-state index in [0.29, 0.717) is 19.3 Å². The van der Waals surface area contributed by atoms with Gasteiger partial charge in [-0.05, 0) is 100 Å². The van der Waals surface area contributed by atoms with Crippen LogP contribution >= 0.6 is 0 Å². The van der Waals surface area contributed by atoms with Crippen molar-refractivity contribution in [1.82, 2.24) is 51.6 Å². The van der Waals surface area contributed by atoms with Crippen molar-refractivity contribution in [3.8, 4) is 11.5 Å². The van der Waals surface area contributed by atoms with E-state index in [2.05, 4.69) is 41.9 Å². The third-order valence-electron chi connectivity index (χ3n) is 14.0. The number of amides is 9. The van der Waals surface area contributed by atoms with Crippen LogP contribution in [0, 0.1) is 11.8 Å². The Morgan fingerprint density at radius 2 is 1.19 bits per heavy atom. The lowest BCUT2D eigenvalue weighted by Crippen LogP contribution is -2.61. The van der Waals surface area contributed by atoms with Crippen molar-refractivity contribution in [3.05, 3.63) is 58.0 Å². The van der Waals surface area contributed by atoms with Gasteiger partial charge < -0.3 is 84.1 Å². The Kier molecular flexibility index (Phi) is 22.7. The predicted octanol–water partition coefficient (Wildman–Crippen LogP) is -2.58. The molecular formula is C52H76N14O14. The number of aromatic nitrogens is 1. The van der Waals surface area contributed by atoms with Crippen molar-refractivity contribution >= 4 is 65.1 Å². The van der Waals surface area contributed by atoms with Crippen molar-refractivity contribution < 1.29 is 63.3 Å². The van der Waals surface area contributed by atoms with Crippen LogP contribution in [-0.2, 0) is 38.4 Å². The Hall–Kier alpha value is -8.30. The minimum atomic E-state index is -1.66. The number of H-pyrrole nitrogens is 1. The average molecular weight is 1120 g/mol.